The van der Waals surface area contributed by atoms with Gasteiger partial charge in [-0.05, 0) is 62.3 Å². The molecule has 0 aliphatic carbocycles. The van der Waals surface area contributed by atoms with E-state index in [9.17, 15) is 9.59 Å². The molecule has 0 atom stereocenters. The minimum absolute atomic E-state index is 0.106. The van der Waals surface area contributed by atoms with Gasteiger partial charge in [0.05, 0.1) is 6.54 Å². The van der Waals surface area contributed by atoms with Gasteiger partial charge >= 0.3 is 6.09 Å². The third-order valence-corrected chi connectivity index (χ3v) is 5.27. The van der Waals surface area contributed by atoms with Crippen LogP contribution < -0.4 is 5.32 Å². The lowest BCUT2D eigenvalue weighted by molar-refractivity contribution is 0.0232. The molecule has 31 heavy (non-hydrogen) atoms. The highest BCUT2D eigenvalue weighted by Gasteiger charge is 2.22. The van der Waals surface area contributed by atoms with Crippen molar-refractivity contribution in [1.29, 1.82) is 0 Å². The van der Waals surface area contributed by atoms with Crippen LogP contribution in [0.15, 0.2) is 48.8 Å². The maximum absolute atomic E-state index is 12.6. The number of nitrogens with zero attached hydrogens (tertiary/aromatic N) is 2. The average Bonchev–Trinajstić information content (AvgIpc) is 2.74. The minimum atomic E-state index is -0.569. The molecule has 0 saturated heterocycles. The Morgan fingerprint density at radius 1 is 1.13 bits per heavy atom. The van der Waals surface area contributed by atoms with E-state index in [1.54, 1.807) is 17.3 Å². The van der Waals surface area contributed by atoms with Gasteiger partial charge in [-0.25, -0.2) is 4.79 Å². The summed E-state index contributed by atoms with van der Waals surface area (Å²) in [5.41, 5.74) is 2.22. The summed E-state index contributed by atoms with van der Waals surface area (Å²) < 4.78 is 5.54. The molecule has 2 amide bonds. The number of carbonyl (C=O) groups is 2. The molecule has 0 aliphatic heterocycles. The lowest BCUT2D eigenvalue weighted by Crippen LogP contribution is -2.38. The highest BCUT2D eigenvalue weighted by atomic mass is 32.2. The number of aromatic nitrogens is 1. The average molecular weight is 444 g/mol. The van der Waals surface area contributed by atoms with Crippen LogP contribution in [-0.4, -0.2) is 46.3 Å². The van der Waals surface area contributed by atoms with Gasteiger partial charge in [-0.15, -0.1) is 0 Å². The Labute approximate surface area is 189 Å². The fraction of sp³-hybridized carbons (Fsp3) is 0.458. The van der Waals surface area contributed by atoms with Crippen molar-refractivity contribution in [2.45, 2.75) is 52.0 Å². The molecule has 1 heterocycles. The molecule has 2 rings (SSSR count). The first-order chi connectivity index (χ1) is 14.8. The quantitative estimate of drug-likeness (QED) is 0.529. The maximum Gasteiger partial charge on any atom is 0.410 e. The van der Waals surface area contributed by atoms with Gasteiger partial charge < -0.3 is 15.0 Å². The normalized spacial score (nSPS) is 11.1. The van der Waals surface area contributed by atoms with E-state index in [0.717, 1.165) is 17.1 Å². The molecule has 0 fully saturated rings. The van der Waals surface area contributed by atoms with E-state index in [-0.39, 0.29) is 12.0 Å². The first-order valence-corrected chi connectivity index (χ1v) is 11.8. The zero-order chi connectivity index (χ0) is 22.7. The Balaban J connectivity index is 1.86. The third-order valence-electron chi connectivity index (χ3n) is 4.33. The van der Waals surface area contributed by atoms with E-state index >= 15 is 0 Å². The molecule has 1 aromatic heterocycles. The van der Waals surface area contributed by atoms with Gasteiger partial charge in [0.15, 0.2) is 0 Å². The van der Waals surface area contributed by atoms with Crippen molar-refractivity contribution < 1.29 is 14.3 Å². The summed E-state index contributed by atoms with van der Waals surface area (Å²) >= 11 is 1.85. The monoisotopic (exact) mass is 443 g/mol. The highest BCUT2D eigenvalue weighted by molar-refractivity contribution is 7.98. The van der Waals surface area contributed by atoms with E-state index in [2.05, 4.69) is 17.2 Å². The van der Waals surface area contributed by atoms with Gasteiger partial charge in [-0.1, -0.05) is 25.1 Å². The number of ether oxygens (including phenoxy) is 1. The lowest BCUT2D eigenvalue weighted by atomic mass is 10.1. The summed E-state index contributed by atoms with van der Waals surface area (Å²) in [6.07, 6.45) is 3.69. The van der Waals surface area contributed by atoms with Crippen LogP contribution in [0.25, 0.3) is 0 Å². The predicted octanol–water partition coefficient (Wildman–Crippen LogP) is 4.89. The van der Waals surface area contributed by atoms with Crippen LogP contribution in [0, 0.1) is 0 Å². The van der Waals surface area contributed by atoms with Gasteiger partial charge in [-0.2, -0.15) is 11.8 Å². The number of amides is 2. The molecule has 1 aromatic carbocycles. The van der Waals surface area contributed by atoms with Crippen molar-refractivity contribution in [2.24, 2.45) is 0 Å². The molecule has 0 saturated carbocycles. The third kappa shape index (κ3) is 9.42. The number of hydrogen-bond donors (Lipinski definition) is 1. The number of benzene rings is 1. The Kier molecular flexibility index (Phi) is 9.85. The Morgan fingerprint density at radius 3 is 2.48 bits per heavy atom. The fourth-order valence-electron chi connectivity index (χ4n) is 2.82. The Bertz CT molecular complexity index is 820. The summed E-state index contributed by atoms with van der Waals surface area (Å²) in [6, 6.07) is 11.5. The molecular formula is C24H33N3O3S. The Hall–Kier alpha value is -2.54. The molecule has 6 nitrogen and oxygen atoms in total. The largest absolute Gasteiger partial charge is 0.444 e. The van der Waals surface area contributed by atoms with E-state index in [0.29, 0.717) is 31.6 Å². The Morgan fingerprint density at radius 2 is 1.87 bits per heavy atom. The summed E-state index contributed by atoms with van der Waals surface area (Å²) in [5, 5.41) is 2.93. The molecular weight excluding hydrogens is 410 g/mol. The first kappa shape index (κ1) is 24.7. The number of carbonyl (C=O) groups excluding carboxylic acids is 2. The summed E-state index contributed by atoms with van der Waals surface area (Å²) in [5.74, 6) is 1.92. The van der Waals surface area contributed by atoms with Crippen molar-refractivity contribution in [1.82, 2.24) is 15.2 Å². The molecule has 0 aliphatic rings. The van der Waals surface area contributed by atoms with Crippen LogP contribution in [0.3, 0.4) is 0 Å². The number of rotatable bonds is 10. The van der Waals surface area contributed by atoms with Crippen molar-refractivity contribution >= 4 is 23.8 Å². The van der Waals surface area contributed by atoms with Crippen LogP contribution >= 0.6 is 11.8 Å². The molecule has 0 unspecified atom stereocenters. The maximum atomic E-state index is 12.6. The standard InChI is InChI=1S/C24H33N3O3S/c1-5-31-18-19-9-11-21(12-10-19)22(28)26-14-7-15-27(23(29)30-24(2,3)4)17-20-8-6-13-25-16-20/h6,8-13,16H,5,7,14-15,17-18H2,1-4H3,(H,26,28). The lowest BCUT2D eigenvalue weighted by Gasteiger charge is -2.27. The smallest absolute Gasteiger partial charge is 0.410 e. The predicted molar refractivity (Wildman–Crippen MR) is 126 cm³/mol. The van der Waals surface area contributed by atoms with E-state index in [1.165, 1.54) is 5.56 Å². The zero-order valence-electron chi connectivity index (χ0n) is 18.9. The number of thioether (sulfide) groups is 1. The topological polar surface area (TPSA) is 71.5 Å². The van der Waals surface area contributed by atoms with E-state index < -0.39 is 5.60 Å². The van der Waals surface area contributed by atoms with Crippen LogP contribution in [0.5, 0.6) is 0 Å². The van der Waals surface area contributed by atoms with Crippen molar-refractivity contribution in [3.8, 4) is 0 Å². The molecule has 1 N–H and O–H groups in total. The molecule has 0 bridgehead atoms. The second kappa shape index (κ2) is 12.3. The van der Waals surface area contributed by atoms with Gasteiger partial charge in [0.2, 0.25) is 0 Å². The molecule has 0 radical (unpaired) electrons. The first-order valence-electron chi connectivity index (χ1n) is 10.6. The highest BCUT2D eigenvalue weighted by Crippen LogP contribution is 2.14. The second-order valence-corrected chi connectivity index (χ2v) is 9.48. The fourth-order valence-corrected chi connectivity index (χ4v) is 3.45. The van der Waals surface area contributed by atoms with E-state index in [1.807, 2.05) is 68.9 Å². The molecule has 2 aromatic rings. The summed E-state index contributed by atoms with van der Waals surface area (Å²) in [4.78, 5) is 30.8. The molecule has 0 spiro atoms. The number of nitrogens with one attached hydrogen (secondary N) is 1. The van der Waals surface area contributed by atoms with Gasteiger partial charge in [0.1, 0.15) is 5.60 Å². The van der Waals surface area contributed by atoms with Crippen molar-refractivity contribution in [3.63, 3.8) is 0 Å². The van der Waals surface area contributed by atoms with Gasteiger partial charge in [0, 0.05) is 36.8 Å². The van der Waals surface area contributed by atoms with E-state index in [4.69, 9.17) is 4.74 Å². The SMILES string of the molecule is CCSCc1ccc(C(=O)NCCCN(Cc2cccnc2)C(=O)OC(C)(C)C)cc1. The second-order valence-electron chi connectivity index (χ2n) is 8.21. The molecule has 7 heteroatoms. The van der Waals surface area contributed by atoms with Gasteiger partial charge in [0.25, 0.3) is 5.91 Å². The molecule has 168 valence electrons. The summed E-state index contributed by atoms with van der Waals surface area (Å²) in [6.45, 7) is 9.02. The number of pyridine rings is 1. The van der Waals surface area contributed by atoms with Crippen LogP contribution in [-0.2, 0) is 17.0 Å². The minimum Gasteiger partial charge on any atom is -0.444 e. The number of hydrogen-bond acceptors (Lipinski definition) is 5. The van der Waals surface area contributed by atoms with Crippen molar-refractivity contribution in [3.05, 3.63) is 65.5 Å². The van der Waals surface area contributed by atoms with Gasteiger partial charge in [-0.3, -0.25) is 9.78 Å². The van der Waals surface area contributed by atoms with Crippen LogP contribution in [0.4, 0.5) is 4.79 Å². The zero-order valence-corrected chi connectivity index (χ0v) is 19.7. The summed E-state index contributed by atoms with van der Waals surface area (Å²) in [7, 11) is 0. The van der Waals surface area contributed by atoms with Crippen LogP contribution in [0.1, 0.15) is 55.6 Å². The van der Waals surface area contributed by atoms with Crippen molar-refractivity contribution in [2.75, 3.05) is 18.8 Å². The van der Waals surface area contributed by atoms with Crippen LogP contribution in [0.2, 0.25) is 0 Å².